The Morgan fingerprint density at radius 2 is 2.29 bits per heavy atom. The first-order valence-electron chi connectivity index (χ1n) is 8.70. The Kier molecular flexibility index (Phi) is 5.86. The first-order chi connectivity index (χ1) is 11.6. The topological polar surface area (TPSA) is 59.8 Å². The highest BCUT2D eigenvalue weighted by Gasteiger charge is 2.26. The smallest absolute Gasteiger partial charge is 0.248 e. The lowest BCUT2D eigenvalue weighted by molar-refractivity contribution is -0.134. The lowest BCUT2D eigenvalue weighted by Crippen LogP contribution is -2.35. The standard InChI is InChI=1S/C17H28N4O3/c1-19(2)17(22)13-24-12-15-8-20(7-14-4-6-23-11-14)10-16-3-5-18-21(16)9-15/h3,5,14-15H,4,6-13H2,1-2H3/t14-,15+/m1/s1. The number of amides is 1. The number of fused-ring (bicyclic) bond motifs is 1. The Morgan fingerprint density at radius 1 is 1.42 bits per heavy atom. The molecule has 0 N–H and O–H groups in total. The van der Waals surface area contributed by atoms with Crippen molar-refractivity contribution < 1.29 is 14.3 Å². The van der Waals surface area contributed by atoms with Crippen molar-refractivity contribution in [2.75, 3.05) is 53.6 Å². The van der Waals surface area contributed by atoms with Gasteiger partial charge < -0.3 is 14.4 Å². The van der Waals surface area contributed by atoms with Crippen LogP contribution in [-0.2, 0) is 27.4 Å². The SMILES string of the molecule is CN(C)C(=O)COC[C@H]1CN(C[C@H]2CCOC2)Cc2ccnn2C1. The molecule has 134 valence electrons. The highest BCUT2D eigenvalue weighted by atomic mass is 16.5. The largest absolute Gasteiger partial charge is 0.381 e. The van der Waals surface area contributed by atoms with Gasteiger partial charge >= 0.3 is 0 Å². The van der Waals surface area contributed by atoms with Gasteiger partial charge in [-0.3, -0.25) is 14.4 Å². The Bertz CT molecular complexity index is 540. The minimum absolute atomic E-state index is 0.00311. The second-order valence-electron chi connectivity index (χ2n) is 7.10. The predicted molar refractivity (Wildman–Crippen MR) is 89.4 cm³/mol. The summed E-state index contributed by atoms with van der Waals surface area (Å²) in [5.74, 6) is 0.961. The van der Waals surface area contributed by atoms with E-state index >= 15 is 0 Å². The average molecular weight is 336 g/mol. The highest BCUT2D eigenvalue weighted by molar-refractivity contribution is 5.76. The summed E-state index contributed by atoms with van der Waals surface area (Å²) in [5.41, 5.74) is 1.25. The number of rotatable bonds is 6. The molecule has 24 heavy (non-hydrogen) atoms. The van der Waals surface area contributed by atoms with E-state index in [-0.39, 0.29) is 12.5 Å². The summed E-state index contributed by atoms with van der Waals surface area (Å²) in [5, 5.41) is 4.44. The van der Waals surface area contributed by atoms with E-state index in [2.05, 4.69) is 20.7 Å². The monoisotopic (exact) mass is 336 g/mol. The fourth-order valence-electron chi connectivity index (χ4n) is 3.40. The number of hydrogen-bond acceptors (Lipinski definition) is 5. The molecule has 0 saturated carbocycles. The van der Waals surface area contributed by atoms with Crippen LogP contribution in [0.4, 0.5) is 0 Å². The van der Waals surface area contributed by atoms with Crippen LogP contribution in [0.3, 0.4) is 0 Å². The molecule has 1 aromatic heterocycles. The summed E-state index contributed by atoms with van der Waals surface area (Å²) in [6.45, 7) is 6.26. The number of carbonyl (C=O) groups is 1. The molecule has 3 heterocycles. The molecule has 7 heteroatoms. The quantitative estimate of drug-likeness (QED) is 0.755. The van der Waals surface area contributed by atoms with Crippen LogP contribution in [0.15, 0.2) is 12.3 Å². The third-order valence-electron chi connectivity index (χ3n) is 4.76. The minimum Gasteiger partial charge on any atom is -0.381 e. The molecule has 0 aromatic carbocycles. The van der Waals surface area contributed by atoms with E-state index in [1.54, 1.807) is 19.0 Å². The maximum absolute atomic E-state index is 11.7. The maximum atomic E-state index is 11.7. The first kappa shape index (κ1) is 17.4. The molecular weight excluding hydrogens is 308 g/mol. The summed E-state index contributed by atoms with van der Waals surface area (Å²) >= 11 is 0. The zero-order valence-corrected chi connectivity index (χ0v) is 14.7. The molecule has 2 atom stereocenters. The van der Waals surface area contributed by atoms with E-state index in [0.29, 0.717) is 18.4 Å². The summed E-state index contributed by atoms with van der Waals surface area (Å²) < 4.78 is 13.3. The summed E-state index contributed by atoms with van der Waals surface area (Å²) in [6.07, 6.45) is 3.01. The van der Waals surface area contributed by atoms with Gasteiger partial charge in [0, 0.05) is 59.0 Å². The van der Waals surface area contributed by atoms with E-state index in [1.807, 2.05) is 6.20 Å². The second-order valence-corrected chi connectivity index (χ2v) is 7.10. The lowest BCUT2D eigenvalue weighted by Gasteiger charge is -2.26. The summed E-state index contributed by atoms with van der Waals surface area (Å²) in [4.78, 5) is 15.7. The van der Waals surface area contributed by atoms with Crippen LogP contribution in [0, 0.1) is 11.8 Å². The van der Waals surface area contributed by atoms with Crippen molar-refractivity contribution in [3.63, 3.8) is 0 Å². The van der Waals surface area contributed by atoms with Crippen molar-refractivity contribution in [2.45, 2.75) is 19.5 Å². The molecule has 2 aliphatic rings. The zero-order valence-electron chi connectivity index (χ0n) is 14.7. The van der Waals surface area contributed by atoms with Crippen LogP contribution < -0.4 is 0 Å². The first-order valence-corrected chi connectivity index (χ1v) is 8.70. The van der Waals surface area contributed by atoms with E-state index in [1.165, 1.54) is 5.69 Å². The molecule has 1 amide bonds. The van der Waals surface area contributed by atoms with Gasteiger partial charge in [-0.1, -0.05) is 0 Å². The van der Waals surface area contributed by atoms with Gasteiger partial charge in [0.05, 0.1) is 18.9 Å². The second kappa shape index (κ2) is 8.09. The van der Waals surface area contributed by atoms with Gasteiger partial charge in [0.2, 0.25) is 5.91 Å². The lowest BCUT2D eigenvalue weighted by atomic mass is 10.1. The third kappa shape index (κ3) is 4.55. The Labute approximate surface area is 143 Å². The number of carbonyl (C=O) groups excluding carboxylic acids is 1. The highest BCUT2D eigenvalue weighted by Crippen LogP contribution is 2.20. The van der Waals surface area contributed by atoms with Crippen molar-refractivity contribution in [1.29, 1.82) is 0 Å². The molecule has 2 aliphatic heterocycles. The van der Waals surface area contributed by atoms with Crippen LogP contribution in [0.25, 0.3) is 0 Å². The van der Waals surface area contributed by atoms with Crippen molar-refractivity contribution in [1.82, 2.24) is 19.6 Å². The van der Waals surface area contributed by atoms with Gasteiger partial charge in [0.25, 0.3) is 0 Å². The number of likely N-dealkylation sites (N-methyl/N-ethyl adjacent to an activating group) is 1. The van der Waals surface area contributed by atoms with Gasteiger partial charge in [-0.15, -0.1) is 0 Å². The molecule has 0 radical (unpaired) electrons. The van der Waals surface area contributed by atoms with Crippen LogP contribution in [0.1, 0.15) is 12.1 Å². The molecule has 0 unspecified atom stereocenters. The molecule has 1 saturated heterocycles. The Hall–Kier alpha value is -1.44. The molecule has 3 rings (SSSR count). The number of hydrogen-bond donors (Lipinski definition) is 0. The summed E-state index contributed by atoms with van der Waals surface area (Å²) in [6, 6.07) is 2.09. The van der Waals surface area contributed by atoms with Gasteiger partial charge in [-0.25, -0.2) is 0 Å². The molecule has 0 bridgehead atoms. The number of nitrogens with zero attached hydrogens (tertiary/aromatic N) is 4. The Balaban J connectivity index is 1.57. The predicted octanol–water partition coefficient (Wildman–Crippen LogP) is 0.456. The van der Waals surface area contributed by atoms with Gasteiger partial charge in [0.15, 0.2) is 0 Å². The molecule has 1 fully saturated rings. The number of aromatic nitrogens is 2. The summed E-state index contributed by atoms with van der Waals surface area (Å²) in [7, 11) is 3.50. The maximum Gasteiger partial charge on any atom is 0.248 e. The van der Waals surface area contributed by atoms with Crippen molar-refractivity contribution in [3.8, 4) is 0 Å². The van der Waals surface area contributed by atoms with Gasteiger partial charge in [0.1, 0.15) is 6.61 Å². The van der Waals surface area contributed by atoms with E-state index < -0.39 is 0 Å². The van der Waals surface area contributed by atoms with Crippen LogP contribution >= 0.6 is 0 Å². The van der Waals surface area contributed by atoms with Crippen LogP contribution in [-0.4, -0.2) is 79.1 Å². The zero-order chi connectivity index (χ0) is 16.9. The van der Waals surface area contributed by atoms with Crippen molar-refractivity contribution in [2.24, 2.45) is 11.8 Å². The van der Waals surface area contributed by atoms with E-state index in [4.69, 9.17) is 9.47 Å². The molecule has 0 aliphatic carbocycles. The van der Waals surface area contributed by atoms with Gasteiger partial charge in [-0.05, 0) is 18.4 Å². The van der Waals surface area contributed by atoms with Crippen molar-refractivity contribution >= 4 is 5.91 Å². The van der Waals surface area contributed by atoms with Crippen LogP contribution in [0.2, 0.25) is 0 Å². The molecule has 7 nitrogen and oxygen atoms in total. The third-order valence-corrected chi connectivity index (χ3v) is 4.76. The molecule has 1 aromatic rings. The van der Waals surface area contributed by atoms with Crippen molar-refractivity contribution in [3.05, 3.63) is 18.0 Å². The fourth-order valence-corrected chi connectivity index (χ4v) is 3.40. The van der Waals surface area contributed by atoms with Crippen LogP contribution in [0.5, 0.6) is 0 Å². The molecule has 0 spiro atoms. The molecular formula is C17H28N4O3. The van der Waals surface area contributed by atoms with E-state index in [9.17, 15) is 4.79 Å². The van der Waals surface area contributed by atoms with E-state index in [0.717, 1.165) is 45.8 Å². The number of ether oxygens (including phenoxy) is 2. The normalized spacial score (nSPS) is 24.6. The minimum atomic E-state index is 0.00311. The fraction of sp³-hybridized carbons (Fsp3) is 0.765. The van der Waals surface area contributed by atoms with Gasteiger partial charge in [-0.2, -0.15) is 5.10 Å². The Morgan fingerprint density at radius 3 is 3.04 bits per heavy atom. The average Bonchev–Trinajstić information content (AvgIpc) is 3.16.